The van der Waals surface area contributed by atoms with Crippen molar-refractivity contribution in [1.29, 1.82) is 0 Å². The molecule has 3 heterocycles. The monoisotopic (exact) mass is 395 g/mol. The van der Waals surface area contributed by atoms with Gasteiger partial charge in [-0.1, -0.05) is 17.7 Å². The van der Waals surface area contributed by atoms with Gasteiger partial charge in [0.15, 0.2) is 5.78 Å². The molecule has 1 aromatic heterocycles. The van der Waals surface area contributed by atoms with Gasteiger partial charge in [0.1, 0.15) is 5.82 Å². The lowest BCUT2D eigenvalue weighted by Gasteiger charge is -2.21. The average Bonchev–Trinajstić information content (AvgIpc) is 3.43. The highest BCUT2D eigenvalue weighted by molar-refractivity contribution is 6.02. The van der Waals surface area contributed by atoms with Crippen molar-refractivity contribution < 1.29 is 14.4 Å². The Bertz CT molecular complexity index is 950. The molecule has 0 radical (unpaired) electrons. The quantitative estimate of drug-likeness (QED) is 0.772. The van der Waals surface area contributed by atoms with E-state index in [-0.39, 0.29) is 30.1 Å². The zero-order valence-corrected chi connectivity index (χ0v) is 16.5. The Hall–Kier alpha value is -3.16. The molecule has 2 saturated heterocycles. The molecule has 0 saturated carbocycles. The molecule has 8 heteroatoms. The third kappa shape index (κ3) is 3.74. The summed E-state index contributed by atoms with van der Waals surface area (Å²) in [7, 11) is 0. The van der Waals surface area contributed by atoms with Crippen LogP contribution in [0.4, 0.5) is 5.82 Å². The van der Waals surface area contributed by atoms with Gasteiger partial charge in [0.05, 0.1) is 24.0 Å². The maximum atomic E-state index is 13.0. The van der Waals surface area contributed by atoms with E-state index in [1.807, 2.05) is 31.2 Å². The van der Waals surface area contributed by atoms with Gasteiger partial charge in [-0.05, 0) is 31.9 Å². The van der Waals surface area contributed by atoms with Gasteiger partial charge >= 0.3 is 0 Å². The maximum absolute atomic E-state index is 13.0. The molecule has 8 nitrogen and oxygen atoms in total. The van der Waals surface area contributed by atoms with Crippen LogP contribution in [0.1, 0.15) is 35.2 Å². The topological polar surface area (TPSA) is 102 Å². The Morgan fingerprint density at radius 2 is 1.97 bits per heavy atom. The Morgan fingerprint density at radius 3 is 2.66 bits per heavy atom. The van der Waals surface area contributed by atoms with E-state index in [1.165, 1.54) is 6.20 Å². The number of ketones is 1. The van der Waals surface area contributed by atoms with E-state index in [4.69, 9.17) is 5.73 Å². The normalized spacial score (nSPS) is 19.2. The lowest BCUT2D eigenvalue weighted by molar-refractivity contribution is -0.137. The summed E-state index contributed by atoms with van der Waals surface area (Å²) in [5.74, 6) is -0.147. The largest absolute Gasteiger partial charge is 0.383 e. The van der Waals surface area contributed by atoms with Gasteiger partial charge in [-0.25, -0.2) is 4.68 Å². The second-order valence-corrected chi connectivity index (χ2v) is 7.80. The molecule has 2 aliphatic rings. The Labute approximate surface area is 169 Å². The molecule has 0 aliphatic carbocycles. The summed E-state index contributed by atoms with van der Waals surface area (Å²) in [4.78, 5) is 40.5. The van der Waals surface area contributed by atoms with Crippen LogP contribution in [0.5, 0.6) is 0 Å². The summed E-state index contributed by atoms with van der Waals surface area (Å²) >= 11 is 0. The second-order valence-electron chi connectivity index (χ2n) is 7.80. The van der Waals surface area contributed by atoms with Crippen molar-refractivity contribution in [3.63, 3.8) is 0 Å². The van der Waals surface area contributed by atoms with Crippen LogP contribution in [0.25, 0.3) is 5.69 Å². The van der Waals surface area contributed by atoms with Crippen molar-refractivity contribution in [2.24, 2.45) is 5.92 Å². The number of amides is 2. The summed E-state index contributed by atoms with van der Waals surface area (Å²) in [5, 5.41) is 4.29. The van der Waals surface area contributed by atoms with Crippen LogP contribution < -0.4 is 5.73 Å². The van der Waals surface area contributed by atoms with Gasteiger partial charge in [0.25, 0.3) is 0 Å². The van der Waals surface area contributed by atoms with Gasteiger partial charge in [-0.3, -0.25) is 14.4 Å². The first-order valence-corrected chi connectivity index (χ1v) is 9.94. The molecule has 29 heavy (non-hydrogen) atoms. The van der Waals surface area contributed by atoms with Crippen molar-refractivity contribution >= 4 is 23.4 Å². The number of aromatic nitrogens is 2. The predicted molar refractivity (Wildman–Crippen MR) is 108 cm³/mol. The number of hydrogen-bond donors (Lipinski definition) is 1. The number of nitrogens with two attached hydrogens (primary N) is 1. The van der Waals surface area contributed by atoms with Crippen molar-refractivity contribution in [3.8, 4) is 5.69 Å². The third-order valence-corrected chi connectivity index (χ3v) is 5.76. The van der Waals surface area contributed by atoms with Crippen molar-refractivity contribution in [3.05, 3.63) is 41.6 Å². The van der Waals surface area contributed by atoms with E-state index in [1.54, 1.807) is 14.5 Å². The first-order valence-electron chi connectivity index (χ1n) is 9.94. The SMILES string of the molecule is Cc1ccc(-n2ncc(C(=O)C3CCN(C(=O)CN4CCCC4=O)C3)c2N)cc1. The number of aryl methyl sites for hydroxylation is 1. The number of anilines is 1. The Kier molecular flexibility index (Phi) is 5.08. The van der Waals surface area contributed by atoms with Gasteiger partial charge in [-0.2, -0.15) is 5.10 Å². The van der Waals surface area contributed by atoms with Crippen LogP contribution in [-0.2, 0) is 9.59 Å². The van der Waals surface area contributed by atoms with Crippen LogP contribution in [0.3, 0.4) is 0 Å². The summed E-state index contributed by atoms with van der Waals surface area (Å²) in [6, 6.07) is 7.73. The minimum absolute atomic E-state index is 0.0291. The lowest BCUT2D eigenvalue weighted by Crippen LogP contribution is -2.40. The molecular formula is C21H25N5O3. The minimum atomic E-state index is -0.300. The predicted octanol–water partition coefficient (Wildman–Crippen LogP) is 1.42. The average molecular weight is 395 g/mol. The fourth-order valence-corrected chi connectivity index (χ4v) is 3.99. The number of likely N-dealkylation sites (tertiary alicyclic amines) is 2. The molecule has 4 rings (SSSR count). The smallest absolute Gasteiger partial charge is 0.242 e. The fourth-order valence-electron chi connectivity index (χ4n) is 3.99. The van der Waals surface area contributed by atoms with Gasteiger partial charge in [-0.15, -0.1) is 0 Å². The number of hydrogen-bond acceptors (Lipinski definition) is 5. The first kappa shape index (κ1) is 19.2. The van der Waals surface area contributed by atoms with Crippen LogP contribution >= 0.6 is 0 Å². The van der Waals surface area contributed by atoms with E-state index in [0.717, 1.165) is 17.7 Å². The molecule has 152 valence electrons. The first-order chi connectivity index (χ1) is 13.9. The van der Waals surface area contributed by atoms with Crippen LogP contribution in [-0.4, -0.2) is 63.4 Å². The molecule has 2 N–H and O–H groups in total. The lowest BCUT2D eigenvalue weighted by atomic mass is 9.98. The molecular weight excluding hydrogens is 370 g/mol. The molecule has 2 aromatic rings. The third-order valence-electron chi connectivity index (χ3n) is 5.76. The highest BCUT2D eigenvalue weighted by Crippen LogP contribution is 2.26. The van der Waals surface area contributed by atoms with Crippen LogP contribution in [0.15, 0.2) is 30.5 Å². The number of carbonyl (C=O) groups excluding carboxylic acids is 3. The van der Waals surface area contributed by atoms with Gasteiger partial charge in [0, 0.05) is 32.0 Å². The van der Waals surface area contributed by atoms with E-state index >= 15 is 0 Å². The molecule has 2 fully saturated rings. The Morgan fingerprint density at radius 1 is 1.21 bits per heavy atom. The standard InChI is InChI=1S/C21H25N5O3/c1-14-4-6-16(7-5-14)26-21(22)17(11-23-26)20(29)15-8-10-25(12-15)19(28)13-24-9-2-3-18(24)27/h4-7,11,15H,2-3,8-10,12-13,22H2,1H3. The molecule has 0 bridgehead atoms. The highest BCUT2D eigenvalue weighted by atomic mass is 16.2. The number of benzene rings is 1. The zero-order chi connectivity index (χ0) is 20.5. The fraction of sp³-hybridized carbons (Fsp3) is 0.429. The van der Waals surface area contributed by atoms with Crippen LogP contribution in [0, 0.1) is 12.8 Å². The number of nitrogen functional groups attached to an aromatic ring is 1. The van der Waals surface area contributed by atoms with E-state index < -0.39 is 0 Å². The second kappa shape index (κ2) is 7.69. The van der Waals surface area contributed by atoms with Gasteiger partial charge < -0.3 is 15.5 Å². The number of nitrogens with zero attached hydrogens (tertiary/aromatic N) is 4. The summed E-state index contributed by atoms with van der Waals surface area (Å²) in [6.45, 7) is 3.61. The molecule has 1 atom stereocenters. The van der Waals surface area contributed by atoms with E-state index in [2.05, 4.69) is 5.10 Å². The summed E-state index contributed by atoms with van der Waals surface area (Å²) in [6.07, 6.45) is 3.41. The molecule has 1 unspecified atom stereocenters. The number of carbonyl (C=O) groups is 3. The summed E-state index contributed by atoms with van der Waals surface area (Å²) < 4.78 is 1.56. The maximum Gasteiger partial charge on any atom is 0.242 e. The van der Waals surface area contributed by atoms with Gasteiger partial charge in [0.2, 0.25) is 11.8 Å². The van der Waals surface area contributed by atoms with E-state index in [9.17, 15) is 14.4 Å². The molecule has 2 aliphatic heterocycles. The molecule has 2 amide bonds. The van der Waals surface area contributed by atoms with Crippen molar-refractivity contribution in [1.82, 2.24) is 19.6 Å². The number of rotatable bonds is 5. The van der Waals surface area contributed by atoms with Crippen LogP contribution in [0.2, 0.25) is 0 Å². The highest BCUT2D eigenvalue weighted by Gasteiger charge is 2.34. The zero-order valence-electron chi connectivity index (χ0n) is 16.5. The molecule has 0 spiro atoms. The minimum Gasteiger partial charge on any atom is -0.383 e. The number of Topliss-reactive ketones (excluding diaryl/α,β-unsaturated/α-hetero) is 1. The van der Waals surface area contributed by atoms with Crippen molar-refractivity contribution in [2.75, 3.05) is 31.9 Å². The van der Waals surface area contributed by atoms with E-state index in [0.29, 0.717) is 43.9 Å². The van der Waals surface area contributed by atoms with Crippen molar-refractivity contribution in [2.45, 2.75) is 26.2 Å². The summed E-state index contributed by atoms with van der Waals surface area (Å²) in [5.41, 5.74) is 8.53. The molecule has 1 aromatic carbocycles. The Balaban J connectivity index is 1.42.